The van der Waals surface area contributed by atoms with E-state index in [1.54, 1.807) is 18.1 Å². The summed E-state index contributed by atoms with van der Waals surface area (Å²) in [6.45, 7) is 1.26. The zero-order chi connectivity index (χ0) is 15.4. The Kier molecular flexibility index (Phi) is 5.03. The zero-order valence-corrected chi connectivity index (χ0v) is 12.5. The largest absolute Gasteiger partial charge is 0.380 e. The minimum absolute atomic E-state index is 0.0744. The number of anilines is 1. The van der Waals surface area contributed by atoms with E-state index in [2.05, 4.69) is 5.32 Å². The molecule has 1 fully saturated rings. The number of hydrogen-bond donors (Lipinski definition) is 2. The van der Waals surface area contributed by atoms with Gasteiger partial charge in [-0.3, -0.25) is 4.79 Å². The first-order valence-corrected chi connectivity index (χ1v) is 7.07. The van der Waals surface area contributed by atoms with Crippen molar-refractivity contribution in [1.82, 2.24) is 4.90 Å². The number of amides is 3. The number of carbonyl (C=O) groups is 2. The van der Waals surface area contributed by atoms with Gasteiger partial charge in [0.1, 0.15) is 0 Å². The number of hydrogen-bond acceptors (Lipinski definition) is 3. The van der Waals surface area contributed by atoms with E-state index in [0.29, 0.717) is 18.8 Å². The maximum atomic E-state index is 12.2. The van der Waals surface area contributed by atoms with Crippen molar-refractivity contribution in [2.75, 3.05) is 25.5 Å². The maximum Gasteiger partial charge on any atom is 0.321 e. The molecule has 114 valence electrons. The van der Waals surface area contributed by atoms with E-state index < -0.39 is 5.91 Å². The fourth-order valence-corrected chi connectivity index (χ4v) is 2.58. The average Bonchev–Trinajstić information content (AvgIpc) is 2.47. The molecule has 2 rings (SSSR count). The minimum atomic E-state index is -0.600. The van der Waals surface area contributed by atoms with Gasteiger partial charge in [0.2, 0.25) is 5.91 Å². The Morgan fingerprint density at radius 1 is 1.48 bits per heavy atom. The molecule has 1 heterocycles. The predicted octanol–water partition coefficient (Wildman–Crippen LogP) is 2.08. The number of halogens is 1. The SMILES string of the molecule is COC1CCCN(C(=O)Nc2ccc(C(N)=O)c(Cl)c2)C1. The first kappa shape index (κ1) is 15.6. The molecule has 1 aromatic rings. The number of nitrogens with two attached hydrogens (primary N) is 1. The van der Waals surface area contributed by atoms with Crippen LogP contribution < -0.4 is 11.1 Å². The summed E-state index contributed by atoms with van der Waals surface area (Å²) in [6, 6.07) is 4.40. The van der Waals surface area contributed by atoms with Gasteiger partial charge in [0.05, 0.1) is 16.7 Å². The summed E-state index contributed by atoms with van der Waals surface area (Å²) in [4.78, 5) is 25.0. The smallest absolute Gasteiger partial charge is 0.321 e. The molecule has 1 saturated heterocycles. The molecule has 1 aliphatic rings. The third-order valence-electron chi connectivity index (χ3n) is 3.48. The maximum absolute atomic E-state index is 12.2. The molecule has 1 aromatic carbocycles. The highest BCUT2D eigenvalue weighted by Gasteiger charge is 2.23. The van der Waals surface area contributed by atoms with E-state index in [1.807, 2.05) is 0 Å². The number of carbonyl (C=O) groups excluding carboxylic acids is 2. The van der Waals surface area contributed by atoms with Crippen molar-refractivity contribution in [3.8, 4) is 0 Å². The van der Waals surface area contributed by atoms with Crippen molar-refractivity contribution in [2.24, 2.45) is 5.73 Å². The van der Waals surface area contributed by atoms with Gasteiger partial charge < -0.3 is 20.7 Å². The highest BCUT2D eigenvalue weighted by molar-refractivity contribution is 6.34. The zero-order valence-electron chi connectivity index (χ0n) is 11.8. The van der Waals surface area contributed by atoms with Gasteiger partial charge in [0, 0.05) is 25.9 Å². The van der Waals surface area contributed by atoms with Gasteiger partial charge in [0.15, 0.2) is 0 Å². The molecule has 6 nitrogen and oxygen atoms in total. The summed E-state index contributed by atoms with van der Waals surface area (Å²) >= 11 is 5.95. The Bertz CT molecular complexity index is 550. The van der Waals surface area contributed by atoms with Crippen LogP contribution in [-0.4, -0.2) is 43.1 Å². The summed E-state index contributed by atoms with van der Waals surface area (Å²) in [5.74, 6) is -0.600. The minimum Gasteiger partial charge on any atom is -0.380 e. The van der Waals surface area contributed by atoms with Crippen LogP contribution in [-0.2, 0) is 4.74 Å². The quantitative estimate of drug-likeness (QED) is 0.896. The lowest BCUT2D eigenvalue weighted by Gasteiger charge is -2.31. The van der Waals surface area contributed by atoms with Gasteiger partial charge in [-0.2, -0.15) is 0 Å². The number of methoxy groups -OCH3 is 1. The monoisotopic (exact) mass is 311 g/mol. The standard InChI is InChI=1S/C14H18ClN3O3/c1-21-10-3-2-6-18(8-10)14(20)17-9-4-5-11(13(16)19)12(15)7-9/h4-5,7,10H,2-3,6,8H2,1H3,(H2,16,19)(H,17,20). The van der Waals surface area contributed by atoms with E-state index in [9.17, 15) is 9.59 Å². The van der Waals surface area contributed by atoms with Crippen LogP contribution in [0.15, 0.2) is 18.2 Å². The number of primary amides is 1. The number of nitrogens with one attached hydrogen (secondary N) is 1. The van der Waals surface area contributed by atoms with Crippen LogP contribution in [0.5, 0.6) is 0 Å². The van der Waals surface area contributed by atoms with Crippen LogP contribution >= 0.6 is 11.6 Å². The molecule has 1 aliphatic heterocycles. The highest BCUT2D eigenvalue weighted by atomic mass is 35.5. The van der Waals surface area contributed by atoms with Gasteiger partial charge in [0.25, 0.3) is 0 Å². The summed E-state index contributed by atoms with van der Waals surface area (Å²) in [7, 11) is 1.65. The molecule has 0 saturated carbocycles. The molecule has 21 heavy (non-hydrogen) atoms. The number of nitrogens with zero attached hydrogens (tertiary/aromatic N) is 1. The van der Waals surface area contributed by atoms with Crippen LogP contribution in [0.4, 0.5) is 10.5 Å². The van der Waals surface area contributed by atoms with E-state index in [4.69, 9.17) is 22.1 Å². The number of urea groups is 1. The van der Waals surface area contributed by atoms with Crippen molar-refractivity contribution in [3.05, 3.63) is 28.8 Å². The third-order valence-corrected chi connectivity index (χ3v) is 3.80. The predicted molar refractivity (Wildman–Crippen MR) is 80.6 cm³/mol. The second kappa shape index (κ2) is 6.78. The second-order valence-corrected chi connectivity index (χ2v) is 5.34. The van der Waals surface area contributed by atoms with Gasteiger partial charge in [-0.15, -0.1) is 0 Å². The Morgan fingerprint density at radius 2 is 2.24 bits per heavy atom. The molecular formula is C14H18ClN3O3. The van der Waals surface area contributed by atoms with Crippen molar-refractivity contribution >= 4 is 29.2 Å². The van der Waals surface area contributed by atoms with Crippen molar-refractivity contribution < 1.29 is 14.3 Å². The fourth-order valence-electron chi connectivity index (χ4n) is 2.31. The van der Waals surface area contributed by atoms with Crippen LogP contribution in [0.1, 0.15) is 23.2 Å². The van der Waals surface area contributed by atoms with E-state index >= 15 is 0 Å². The molecule has 3 N–H and O–H groups in total. The Balaban J connectivity index is 2.02. The van der Waals surface area contributed by atoms with Crippen molar-refractivity contribution in [3.63, 3.8) is 0 Å². The highest BCUT2D eigenvalue weighted by Crippen LogP contribution is 2.21. The van der Waals surface area contributed by atoms with Crippen molar-refractivity contribution in [1.29, 1.82) is 0 Å². The molecule has 0 bridgehead atoms. The third kappa shape index (κ3) is 3.86. The van der Waals surface area contributed by atoms with E-state index in [-0.39, 0.29) is 22.7 Å². The Hall–Kier alpha value is -1.79. The molecule has 1 unspecified atom stereocenters. The fraction of sp³-hybridized carbons (Fsp3) is 0.429. The van der Waals surface area contributed by atoms with Crippen molar-refractivity contribution in [2.45, 2.75) is 18.9 Å². The first-order valence-electron chi connectivity index (χ1n) is 6.69. The molecule has 1 atom stereocenters. The number of benzene rings is 1. The summed E-state index contributed by atoms with van der Waals surface area (Å²) < 4.78 is 5.29. The number of ether oxygens (including phenoxy) is 1. The molecule has 0 aromatic heterocycles. The molecule has 7 heteroatoms. The van der Waals surface area contributed by atoms with E-state index in [1.165, 1.54) is 12.1 Å². The lowest BCUT2D eigenvalue weighted by Crippen LogP contribution is -2.44. The van der Waals surface area contributed by atoms with Crippen LogP contribution in [0.2, 0.25) is 5.02 Å². The Labute approximate surface area is 128 Å². The summed E-state index contributed by atoms with van der Waals surface area (Å²) in [5, 5.41) is 2.97. The molecule has 0 radical (unpaired) electrons. The number of rotatable bonds is 3. The van der Waals surface area contributed by atoms with E-state index in [0.717, 1.165) is 12.8 Å². The van der Waals surface area contributed by atoms with Gasteiger partial charge >= 0.3 is 6.03 Å². The average molecular weight is 312 g/mol. The lowest BCUT2D eigenvalue weighted by atomic mass is 10.1. The van der Waals surface area contributed by atoms with Gasteiger partial charge in [-0.1, -0.05) is 11.6 Å². The molecule has 0 spiro atoms. The molecular weight excluding hydrogens is 294 g/mol. The van der Waals surface area contributed by atoms with Crippen LogP contribution in [0.25, 0.3) is 0 Å². The molecule has 3 amide bonds. The van der Waals surface area contributed by atoms with Gasteiger partial charge in [-0.25, -0.2) is 4.79 Å². The molecule has 0 aliphatic carbocycles. The summed E-state index contributed by atoms with van der Waals surface area (Å²) in [5.41, 5.74) is 5.93. The number of piperidine rings is 1. The lowest BCUT2D eigenvalue weighted by molar-refractivity contribution is 0.0458. The second-order valence-electron chi connectivity index (χ2n) is 4.93. The van der Waals surface area contributed by atoms with Crippen LogP contribution in [0.3, 0.4) is 0 Å². The topological polar surface area (TPSA) is 84.7 Å². The Morgan fingerprint density at radius 3 is 2.86 bits per heavy atom. The normalized spacial score (nSPS) is 18.4. The number of likely N-dealkylation sites (tertiary alicyclic amines) is 1. The summed E-state index contributed by atoms with van der Waals surface area (Å²) in [6.07, 6.45) is 1.94. The van der Waals surface area contributed by atoms with Gasteiger partial charge in [-0.05, 0) is 31.0 Å². The van der Waals surface area contributed by atoms with Crippen LogP contribution in [0, 0.1) is 0 Å². The first-order chi connectivity index (χ1) is 10.0.